The minimum atomic E-state index is 0.0307. The summed E-state index contributed by atoms with van der Waals surface area (Å²) in [6.45, 7) is 7.43. The molecular formula is C12H18O2S. The summed E-state index contributed by atoms with van der Waals surface area (Å²) >= 11 is 1.34. The summed E-state index contributed by atoms with van der Waals surface area (Å²) < 4.78 is 0. The summed E-state index contributed by atoms with van der Waals surface area (Å²) in [5.41, 5.74) is 0. The van der Waals surface area contributed by atoms with Crippen LogP contribution in [0.1, 0.15) is 27.7 Å². The summed E-state index contributed by atoms with van der Waals surface area (Å²) in [7, 11) is 0. The van der Waals surface area contributed by atoms with Gasteiger partial charge >= 0.3 is 0 Å². The lowest BCUT2D eigenvalue weighted by Gasteiger charge is -1.96. The SMILES string of the molecule is CC(C)C(=O)C=CSC=CC(=O)C(C)C. The highest BCUT2D eigenvalue weighted by Crippen LogP contribution is 2.07. The standard InChI is InChI=1S/C12H18O2S/c1-9(2)11(13)5-7-15-8-6-12(14)10(3)4/h5-10H,1-4H3. The third-order valence-electron chi connectivity index (χ3n) is 1.76. The molecule has 0 rings (SSSR count). The molecule has 2 nitrogen and oxygen atoms in total. The first-order chi connectivity index (χ1) is 6.95. The first-order valence-electron chi connectivity index (χ1n) is 5.01. The number of hydrogen-bond donors (Lipinski definition) is 0. The molecule has 0 spiro atoms. The van der Waals surface area contributed by atoms with Crippen molar-refractivity contribution in [2.24, 2.45) is 11.8 Å². The molecule has 0 aliphatic carbocycles. The second-order valence-electron chi connectivity index (χ2n) is 3.86. The van der Waals surface area contributed by atoms with Gasteiger partial charge in [0.2, 0.25) is 0 Å². The Hall–Kier alpha value is -0.830. The molecule has 0 N–H and O–H groups in total. The highest BCUT2D eigenvalue weighted by molar-refractivity contribution is 8.04. The van der Waals surface area contributed by atoms with E-state index in [9.17, 15) is 9.59 Å². The molecule has 0 aliphatic heterocycles. The van der Waals surface area contributed by atoms with Crippen molar-refractivity contribution in [2.45, 2.75) is 27.7 Å². The molecule has 15 heavy (non-hydrogen) atoms. The van der Waals surface area contributed by atoms with E-state index in [1.54, 1.807) is 23.0 Å². The fourth-order valence-electron chi connectivity index (χ4n) is 0.643. The Balaban J connectivity index is 3.89. The molecule has 0 heterocycles. The molecule has 0 bridgehead atoms. The quantitative estimate of drug-likeness (QED) is 0.652. The van der Waals surface area contributed by atoms with Gasteiger partial charge in [-0.25, -0.2) is 0 Å². The highest BCUT2D eigenvalue weighted by Gasteiger charge is 2.01. The molecule has 0 fully saturated rings. The van der Waals surface area contributed by atoms with Crippen LogP contribution < -0.4 is 0 Å². The Bertz CT molecular complexity index is 247. The van der Waals surface area contributed by atoms with Gasteiger partial charge in [0.25, 0.3) is 0 Å². The van der Waals surface area contributed by atoms with E-state index in [1.807, 2.05) is 27.7 Å². The number of carbonyl (C=O) groups excluding carboxylic acids is 2. The van der Waals surface area contributed by atoms with Crippen LogP contribution in [0.25, 0.3) is 0 Å². The van der Waals surface area contributed by atoms with E-state index >= 15 is 0 Å². The first kappa shape index (κ1) is 14.2. The van der Waals surface area contributed by atoms with Gasteiger partial charge in [-0.3, -0.25) is 9.59 Å². The maximum absolute atomic E-state index is 11.2. The molecule has 0 saturated carbocycles. The Morgan fingerprint density at radius 2 is 1.20 bits per heavy atom. The Morgan fingerprint density at radius 3 is 1.47 bits per heavy atom. The summed E-state index contributed by atoms with van der Waals surface area (Å²) in [6, 6.07) is 0. The molecule has 0 aromatic heterocycles. The van der Waals surface area contributed by atoms with Crippen LogP contribution in [0.4, 0.5) is 0 Å². The Morgan fingerprint density at radius 1 is 0.867 bits per heavy atom. The molecule has 84 valence electrons. The molecule has 0 aromatic carbocycles. The van der Waals surface area contributed by atoms with Crippen molar-refractivity contribution in [3.05, 3.63) is 23.0 Å². The van der Waals surface area contributed by atoms with Crippen LogP contribution in [0.5, 0.6) is 0 Å². The van der Waals surface area contributed by atoms with E-state index in [1.165, 1.54) is 11.8 Å². The molecule has 0 aliphatic rings. The summed E-state index contributed by atoms with van der Waals surface area (Å²) in [5.74, 6) is 0.267. The molecule has 3 heteroatoms. The molecule has 0 radical (unpaired) electrons. The monoisotopic (exact) mass is 226 g/mol. The molecule has 0 saturated heterocycles. The van der Waals surface area contributed by atoms with Gasteiger partial charge in [0.05, 0.1) is 0 Å². The third-order valence-corrected chi connectivity index (χ3v) is 2.35. The maximum atomic E-state index is 11.2. The number of ketones is 2. The topological polar surface area (TPSA) is 34.1 Å². The van der Waals surface area contributed by atoms with E-state index in [-0.39, 0.29) is 23.4 Å². The fourth-order valence-corrected chi connectivity index (χ4v) is 1.16. The van der Waals surface area contributed by atoms with Crippen molar-refractivity contribution in [3.63, 3.8) is 0 Å². The van der Waals surface area contributed by atoms with E-state index in [0.29, 0.717) is 0 Å². The van der Waals surface area contributed by atoms with Gasteiger partial charge in [-0.15, -0.1) is 11.8 Å². The summed E-state index contributed by atoms with van der Waals surface area (Å²) in [6.07, 6.45) is 3.08. The second kappa shape index (κ2) is 7.46. The first-order valence-corrected chi connectivity index (χ1v) is 5.95. The Kier molecular flexibility index (Phi) is 7.05. The zero-order chi connectivity index (χ0) is 11.8. The lowest BCUT2D eigenvalue weighted by molar-refractivity contribution is -0.118. The van der Waals surface area contributed by atoms with Crippen molar-refractivity contribution in [1.29, 1.82) is 0 Å². The van der Waals surface area contributed by atoms with Gasteiger partial charge in [0, 0.05) is 11.8 Å². The Labute approximate surface area is 95.8 Å². The van der Waals surface area contributed by atoms with Crippen LogP contribution in [-0.2, 0) is 9.59 Å². The number of hydrogen-bond acceptors (Lipinski definition) is 3. The van der Waals surface area contributed by atoms with Crippen LogP contribution in [0, 0.1) is 11.8 Å². The van der Waals surface area contributed by atoms with Crippen molar-refractivity contribution in [2.75, 3.05) is 0 Å². The van der Waals surface area contributed by atoms with E-state index < -0.39 is 0 Å². The predicted molar refractivity (Wildman–Crippen MR) is 65.6 cm³/mol. The van der Waals surface area contributed by atoms with Crippen molar-refractivity contribution >= 4 is 23.3 Å². The molecule has 0 amide bonds. The van der Waals surface area contributed by atoms with Gasteiger partial charge in [-0.05, 0) is 23.0 Å². The highest BCUT2D eigenvalue weighted by atomic mass is 32.2. The number of thioether (sulfide) groups is 1. The minimum Gasteiger partial charge on any atom is -0.295 e. The zero-order valence-corrected chi connectivity index (χ0v) is 10.5. The van der Waals surface area contributed by atoms with Crippen LogP contribution in [0.3, 0.4) is 0 Å². The second-order valence-corrected chi connectivity index (χ2v) is 4.67. The number of carbonyl (C=O) groups is 2. The molecule has 0 atom stereocenters. The number of rotatable bonds is 6. The van der Waals surface area contributed by atoms with Crippen molar-refractivity contribution in [1.82, 2.24) is 0 Å². The van der Waals surface area contributed by atoms with Gasteiger partial charge in [-0.1, -0.05) is 27.7 Å². The lowest BCUT2D eigenvalue weighted by atomic mass is 10.1. The predicted octanol–water partition coefficient (Wildman–Crippen LogP) is 3.20. The van der Waals surface area contributed by atoms with Crippen LogP contribution in [-0.4, -0.2) is 11.6 Å². The van der Waals surface area contributed by atoms with E-state index in [0.717, 1.165) is 0 Å². The summed E-state index contributed by atoms with van der Waals surface area (Å²) in [4.78, 5) is 22.3. The zero-order valence-electron chi connectivity index (χ0n) is 9.69. The number of allylic oxidation sites excluding steroid dienone is 2. The maximum Gasteiger partial charge on any atom is 0.158 e. The van der Waals surface area contributed by atoms with Crippen molar-refractivity contribution < 1.29 is 9.59 Å². The van der Waals surface area contributed by atoms with Crippen LogP contribution in [0.15, 0.2) is 23.0 Å². The third kappa shape index (κ3) is 7.14. The molecule has 0 unspecified atom stereocenters. The molecule has 0 aromatic rings. The van der Waals surface area contributed by atoms with Gasteiger partial charge < -0.3 is 0 Å². The van der Waals surface area contributed by atoms with Gasteiger partial charge in [-0.2, -0.15) is 0 Å². The van der Waals surface area contributed by atoms with E-state index in [2.05, 4.69) is 0 Å². The van der Waals surface area contributed by atoms with E-state index in [4.69, 9.17) is 0 Å². The average molecular weight is 226 g/mol. The van der Waals surface area contributed by atoms with Crippen LogP contribution in [0.2, 0.25) is 0 Å². The fraction of sp³-hybridized carbons (Fsp3) is 0.500. The largest absolute Gasteiger partial charge is 0.295 e. The van der Waals surface area contributed by atoms with Crippen molar-refractivity contribution in [3.8, 4) is 0 Å². The van der Waals surface area contributed by atoms with Gasteiger partial charge in [0.1, 0.15) is 0 Å². The van der Waals surface area contributed by atoms with Gasteiger partial charge in [0.15, 0.2) is 11.6 Å². The lowest BCUT2D eigenvalue weighted by Crippen LogP contribution is -2.01. The normalized spacial score (nSPS) is 12.1. The van der Waals surface area contributed by atoms with Crippen LogP contribution >= 0.6 is 11.8 Å². The minimum absolute atomic E-state index is 0.0307. The average Bonchev–Trinajstić information content (AvgIpc) is 2.16. The molecular weight excluding hydrogens is 208 g/mol. The smallest absolute Gasteiger partial charge is 0.158 e. The summed E-state index contributed by atoms with van der Waals surface area (Å²) in [5, 5.41) is 3.40.